The fourth-order valence-electron chi connectivity index (χ4n) is 5.86. The zero-order valence-electron chi connectivity index (χ0n) is 24.8. The Kier molecular flexibility index (Phi) is 11.7. The van der Waals surface area contributed by atoms with E-state index < -0.39 is 5.31 Å². The van der Waals surface area contributed by atoms with Crippen molar-refractivity contribution >= 4 is 75.6 Å². The molecule has 2 nitrogen and oxygen atoms in total. The number of unbranched alkanes of at least 4 members (excludes halogenated alkanes) is 6. The van der Waals surface area contributed by atoms with Gasteiger partial charge >= 0.3 is 206 Å². The molecule has 5 aromatic rings. The second-order valence-corrected chi connectivity index (χ2v) is 23.1. The minimum Gasteiger partial charge on any atom is -0.0786 e. The van der Waals surface area contributed by atoms with Crippen molar-refractivity contribution in [3.8, 4) is 16.2 Å². The average Bonchev–Trinajstić information content (AvgIpc) is 3.51. The summed E-state index contributed by atoms with van der Waals surface area (Å²) in [7, 11) is 3.27. The summed E-state index contributed by atoms with van der Waals surface area (Å²) in [6, 6.07) is 42.8. The molecular formula is C37H38BrO2PS3. The summed E-state index contributed by atoms with van der Waals surface area (Å²) in [5.74, 6) is 0.443. The van der Waals surface area contributed by atoms with Crippen molar-refractivity contribution in [2.75, 3.05) is 6.16 Å². The van der Waals surface area contributed by atoms with Crippen molar-refractivity contribution in [2.24, 2.45) is 0 Å². The first-order chi connectivity index (χ1) is 21.5. The van der Waals surface area contributed by atoms with Crippen molar-refractivity contribution < 1.29 is 9.53 Å². The molecule has 4 aromatic carbocycles. The number of hydrogen-bond donors (Lipinski definition) is 0. The van der Waals surface area contributed by atoms with Crippen molar-refractivity contribution in [2.45, 2.75) is 51.4 Å². The van der Waals surface area contributed by atoms with Crippen LogP contribution in [0.25, 0.3) is 10.4 Å². The number of rotatable bonds is 15. The van der Waals surface area contributed by atoms with Crippen molar-refractivity contribution in [3.63, 3.8) is 0 Å². The van der Waals surface area contributed by atoms with Crippen LogP contribution in [0, 0.1) is 3.82 Å². The van der Waals surface area contributed by atoms with E-state index in [4.69, 9.17) is 17.0 Å². The molecule has 1 heterocycles. The standard InChI is InChI=1S/C37H38BrO2PS3/c38-41(32-17-9-6-10-18-32,33-19-11-7-12-20-33,34-21-13-8-14-22-34)28-16-5-3-1-2-4-15-23-36(39)40-31-26-24-30(25-27-31)35-29-37(42)44-43-35/h6-14,17-22,24-27,29H,1-5,15-16,23,28H2. The van der Waals surface area contributed by atoms with Gasteiger partial charge in [0.05, 0.1) is 0 Å². The number of benzene rings is 4. The monoisotopic (exact) mass is 720 g/mol. The molecule has 0 unspecified atom stereocenters. The van der Waals surface area contributed by atoms with Crippen LogP contribution < -0.4 is 20.7 Å². The first kappa shape index (κ1) is 32.9. The van der Waals surface area contributed by atoms with Gasteiger partial charge in [0, 0.05) is 4.88 Å². The van der Waals surface area contributed by atoms with Crippen LogP contribution >= 0.6 is 53.7 Å². The van der Waals surface area contributed by atoms with Crippen LogP contribution in [0.4, 0.5) is 0 Å². The second-order valence-electron chi connectivity index (χ2n) is 11.1. The molecule has 0 aliphatic heterocycles. The van der Waals surface area contributed by atoms with E-state index in [1.807, 2.05) is 30.3 Å². The summed E-state index contributed by atoms with van der Waals surface area (Å²) in [5.41, 5.74) is 1.10. The third-order valence-electron chi connectivity index (χ3n) is 8.18. The van der Waals surface area contributed by atoms with Crippen LogP contribution in [-0.2, 0) is 4.79 Å². The zero-order chi connectivity index (χ0) is 30.7. The van der Waals surface area contributed by atoms with E-state index in [9.17, 15) is 4.79 Å². The summed E-state index contributed by atoms with van der Waals surface area (Å²) in [6.07, 6.45) is 9.32. The Hall–Kier alpha value is -2.47. The van der Waals surface area contributed by atoms with Gasteiger partial charge < -0.3 is 0 Å². The molecule has 0 amide bonds. The van der Waals surface area contributed by atoms with Gasteiger partial charge in [0.1, 0.15) is 3.82 Å². The number of halogens is 1. The van der Waals surface area contributed by atoms with Crippen molar-refractivity contribution in [3.05, 3.63) is 125 Å². The van der Waals surface area contributed by atoms with Crippen LogP contribution in [0.2, 0.25) is 0 Å². The van der Waals surface area contributed by atoms with Gasteiger partial charge in [0.15, 0.2) is 0 Å². The summed E-state index contributed by atoms with van der Waals surface area (Å²) in [4.78, 5) is 13.5. The molecule has 44 heavy (non-hydrogen) atoms. The molecule has 0 saturated carbocycles. The van der Waals surface area contributed by atoms with E-state index in [2.05, 4.69) is 106 Å². The van der Waals surface area contributed by atoms with Crippen LogP contribution in [0.1, 0.15) is 51.4 Å². The molecule has 0 aliphatic carbocycles. The maximum absolute atomic E-state index is 12.4. The summed E-state index contributed by atoms with van der Waals surface area (Å²) in [6.45, 7) is 0. The maximum atomic E-state index is 12.4. The van der Waals surface area contributed by atoms with Gasteiger partial charge in [-0.15, -0.1) is 0 Å². The minimum absolute atomic E-state index is 0.157. The third-order valence-corrected chi connectivity index (χ3v) is 21.1. The Morgan fingerprint density at radius 3 is 1.59 bits per heavy atom. The van der Waals surface area contributed by atoms with Gasteiger partial charge in [-0.25, -0.2) is 0 Å². The number of carbonyl (C=O) groups excluding carboxylic acids is 1. The molecule has 5 rings (SSSR count). The Bertz CT molecular complexity index is 1570. The number of ether oxygens (including phenoxy) is 1. The zero-order valence-corrected chi connectivity index (χ0v) is 29.7. The molecule has 0 aliphatic rings. The van der Waals surface area contributed by atoms with Gasteiger partial charge in [0.2, 0.25) is 0 Å². The van der Waals surface area contributed by atoms with E-state index in [1.165, 1.54) is 35.2 Å². The Labute approximate surface area is 282 Å². The van der Waals surface area contributed by atoms with Gasteiger partial charge in [-0.1, -0.05) is 32.9 Å². The third kappa shape index (κ3) is 7.84. The quantitative estimate of drug-likeness (QED) is 0.0269. The number of hydrogen-bond acceptors (Lipinski definition) is 5. The Morgan fingerprint density at radius 2 is 1.11 bits per heavy atom. The van der Waals surface area contributed by atoms with E-state index in [0.29, 0.717) is 12.2 Å². The van der Waals surface area contributed by atoms with Crippen LogP contribution in [0.3, 0.4) is 0 Å². The van der Waals surface area contributed by atoms with Crippen LogP contribution in [-0.4, -0.2) is 12.1 Å². The summed E-state index contributed by atoms with van der Waals surface area (Å²) in [5, 5.41) is 1.32. The number of esters is 1. The van der Waals surface area contributed by atoms with Gasteiger partial charge in [-0.3, -0.25) is 0 Å². The molecule has 0 radical (unpaired) electrons. The molecule has 7 heteroatoms. The summed E-state index contributed by atoms with van der Waals surface area (Å²) >= 11 is 9.79. The molecule has 0 saturated heterocycles. The van der Waals surface area contributed by atoms with Gasteiger partial charge in [-0.2, -0.15) is 0 Å². The Morgan fingerprint density at radius 1 is 0.636 bits per heavy atom. The fourth-order valence-corrected chi connectivity index (χ4v) is 16.0. The van der Waals surface area contributed by atoms with E-state index >= 15 is 0 Å². The minimum atomic E-state index is -2.83. The normalized spacial score (nSPS) is 12.3. The molecule has 1 aromatic heterocycles. The first-order valence-corrected chi connectivity index (χ1v) is 22.3. The predicted octanol–water partition coefficient (Wildman–Crippen LogP) is 11.1. The number of carbonyl (C=O) groups is 1. The SMILES string of the molecule is O=C(CCCCCCCCCP(Br)(c1ccccc1)(c1ccccc1)c1ccccc1)Oc1ccc(-c2cc(=S)ss2)cc1. The van der Waals surface area contributed by atoms with Crippen LogP contribution in [0.5, 0.6) is 5.75 Å². The van der Waals surface area contributed by atoms with Gasteiger partial charge in [-0.05, 0) is 35.9 Å². The molecule has 0 fully saturated rings. The smallest absolute Gasteiger partial charge is 0.0786 e. The predicted molar refractivity (Wildman–Crippen MR) is 200 cm³/mol. The Balaban J connectivity index is 1.08. The fraction of sp³-hybridized carbons (Fsp3) is 0.243. The topological polar surface area (TPSA) is 26.3 Å². The van der Waals surface area contributed by atoms with Crippen molar-refractivity contribution in [1.29, 1.82) is 0 Å². The van der Waals surface area contributed by atoms with Crippen molar-refractivity contribution in [1.82, 2.24) is 0 Å². The van der Waals surface area contributed by atoms with Gasteiger partial charge in [0.25, 0.3) is 0 Å². The molecule has 0 N–H and O–H groups in total. The average molecular weight is 722 g/mol. The van der Waals surface area contributed by atoms with E-state index in [-0.39, 0.29) is 5.97 Å². The van der Waals surface area contributed by atoms with E-state index in [0.717, 1.165) is 46.1 Å². The first-order valence-electron chi connectivity index (χ1n) is 15.3. The molecular weight excluding hydrogens is 683 g/mol. The summed E-state index contributed by atoms with van der Waals surface area (Å²) < 4.78 is 6.46. The molecule has 0 atom stereocenters. The van der Waals surface area contributed by atoms with E-state index in [1.54, 1.807) is 20.7 Å². The van der Waals surface area contributed by atoms with Crippen LogP contribution in [0.15, 0.2) is 121 Å². The second kappa shape index (κ2) is 15.7. The molecule has 0 spiro atoms. The molecule has 0 bridgehead atoms. The molecule has 228 valence electrons.